The van der Waals surface area contributed by atoms with E-state index in [0.29, 0.717) is 27.6 Å². The molecule has 2 rings (SSSR count). The van der Waals surface area contributed by atoms with Gasteiger partial charge in [0.05, 0.1) is 16.5 Å². The second kappa shape index (κ2) is 8.72. The average molecular weight is 372 g/mol. The van der Waals surface area contributed by atoms with Gasteiger partial charge in [0.2, 0.25) is 5.91 Å². The summed E-state index contributed by atoms with van der Waals surface area (Å²) in [5.74, 6) is 0.674. The number of benzene rings is 1. The van der Waals surface area contributed by atoms with E-state index in [-0.39, 0.29) is 30.8 Å². The molecule has 1 fully saturated rings. The molecule has 1 N–H and O–H groups in total. The van der Waals surface area contributed by atoms with Crippen LogP contribution in [0.15, 0.2) is 18.2 Å². The third kappa shape index (κ3) is 5.67. The Morgan fingerprint density at radius 3 is 2.54 bits per heavy atom. The zero-order valence-electron chi connectivity index (χ0n) is 14.0. The molecule has 6 heteroatoms. The van der Waals surface area contributed by atoms with Crippen molar-refractivity contribution in [2.24, 2.45) is 11.8 Å². The van der Waals surface area contributed by atoms with Crippen LogP contribution in [-0.4, -0.2) is 18.0 Å². The molecule has 3 atom stereocenters. The molecule has 0 heterocycles. The van der Waals surface area contributed by atoms with Crippen molar-refractivity contribution in [1.29, 1.82) is 0 Å². The minimum Gasteiger partial charge on any atom is -0.462 e. The highest BCUT2D eigenvalue weighted by Crippen LogP contribution is 2.31. The minimum atomic E-state index is -0.314. The van der Waals surface area contributed by atoms with Gasteiger partial charge in [-0.1, -0.05) is 37.0 Å². The van der Waals surface area contributed by atoms with Gasteiger partial charge in [0, 0.05) is 12.1 Å². The summed E-state index contributed by atoms with van der Waals surface area (Å²) in [6.45, 7) is 4.42. The van der Waals surface area contributed by atoms with Crippen molar-refractivity contribution in [3.8, 4) is 0 Å². The van der Waals surface area contributed by atoms with Crippen molar-refractivity contribution < 1.29 is 14.3 Å². The van der Waals surface area contributed by atoms with Crippen LogP contribution in [0, 0.1) is 11.8 Å². The first-order chi connectivity index (χ1) is 11.3. The van der Waals surface area contributed by atoms with Crippen molar-refractivity contribution in [2.45, 2.75) is 52.1 Å². The van der Waals surface area contributed by atoms with Crippen LogP contribution in [0.2, 0.25) is 10.0 Å². The van der Waals surface area contributed by atoms with E-state index in [1.165, 1.54) is 0 Å². The lowest BCUT2D eigenvalue weighted by Crippen LogP contribution is -2.29. The highest BCUT2D eigenvalue weighted by atomic mass is 35.5. The molecule has 0 radical (unpaired) electrons. The number of esters is 1. The van der Waals surface area contributed by atoms with Crippen LogP contribution in [0.3, 0.4) is 0 Å². The van der Waals surface area contributed by atoms with E-state index in [2.05, 4.69) is 19.2 Å². The van der Waals surface area contributed by atoms with Gasteiger partial charge in [-0.05, 0) is 49.3 Å². The molecule has 1 saturated carbocycles. The van der Waals surface area contributed by atoms with Gasteiger partial charge in [0.25, 0.3) is 0 Å². The largest absolute Gasteiger partial charge is 0.462 e. The average Bonchev–Trinajstić information content (AvgIpc) is 2.53. The maximum Gasteiger partial charge on any atom is 0.306 e. The number of hydrogen-bond acceptors (Lipinski definition) is 3. The fourth-order valence-corrected chi connectivity index (χ4v) is 3.16. The van der Waals surface area contributed by atoms with Crippen LogP contribution in [0.25, 0.3) is 0 Å². The van der Waals surface area contributed by atoms with Gasteiger partial charge in [0.15, 0.2) is 0 Å². The molecule has 24 heavy (non-hydrogen) atoms. The molecule has 1 aromatic carbocycles. The molecule has 1 aliphatic rings. The third-order valence-corrected chi connectivity index (χ3v) is 5.35. The SMILES string of the molecule is C[C@@H]1CC[C@H](OC(=O)CCC(=O)Nc2ccc(Cl)c(Cl)c2)C[C@H]1C. The van der Waals surface area contributed by atoms with Gasteiger partial charge in [-0.15, -0.1) is 0 Å². The van der Waals surface area contributed by atoms with E-state index in [4.69, 9.17) is 27.9 Å². The van der Waals surface area contributed by atoms with Crippen LogP contribution in [0.1, 0.15) is 46.0 Å². The van der Waals surface area contributed by atoms with Gasteiger partial charge in [-0.3, -0.25) is 9.59 Å². The molecule has 1 amide bonds. The second-order valence-corrected chi connectivity index (χ2v) is 7.37. The molecule has 0 aliphatic heterocycles. The molecule has 0 saturated heterocycles. The van der Waals surface area contributed by atoms with E-state index in [1.54, 1.807) is 18.2 Å². The molecule has 0 bridgehead atoms. The summed E-state index contributed by atoms with van der Waals surface area (Å²) >= 11 is 11.7. The van der Waals surface area contributed by atoms with Crippen molar-refractivity contribution in [1.82, 2.24) is 0 Å². The Balaban J connectivity index is 1.73. The number of carbonyl (C=O) groups is 2. The Labute approximate surface area is 152 Å². The first kappa shape index (κ1) is 19.1. The van der Waals surface area contributed by atoms with Crippen LogP contribution >= 0.6 is 23.2 Å². The standard InChI is InChI=1S/C18H23Cl2NO3/c1-11-3-5-14(9-12(11)2)24-18(23)8-7-17(22)21-13-4-6-15(19)16(20)10-13/h4,6,10-12,14H,3,5,7-9H2,1-2H3,(H,21,22)/t11-,12-,14+/m1/s1. The highest BCUT2D eigenvalue weighted by Gasteiger charge is 2.27. The normalized spacial score (nSPS) is 23.6. The van der Waals surface area contributed by atoms with Gasteiger partial charge in [-0.25, -0.2) is 0 Å². The Morgan fingerprint density at radius 1 is 1.12 bits per heavy atom. The predicted octanol–water partition coefficient (Wildman–Crippen LogP) is 5.08. The molecular formula is C18H23Cl2NO3. The van der Waals surface area contributed by atoms with Crippen LogP contribution in [0.5, 0.6) is 0 Å². The van der Waals surface area contributed by atoms with E-state index >= 15 is 0 Å². The van der Waals surface area contributed by atoms with Gasteiger partial charge in [0.1, 0.15) is 6.10 Å². The molecule has 0 spiro atoms. The van der Waals surface area contributed by atoms with E-state index < -0.39 is 0 Å². The fraction of sp³-hybridized carbons (Fsp3) is 0.556. The molecule has 0 unspecified atom stereocenters. The van der Waals surface area contributed by atoms with E-state index in [0.717, 1.165) is 19.3 Å². The molecule has 1 aliphatic carbocycles. The third-order valence-electron chi connectivity index (χ3n) is 4.61. The number of hydrogen-bond donors (Lipinski definition) is 1. The first-order valence-corrected chi connectivity index (χ1v) is 9.05. The van der Waals surface area contributed by atoms with Crippen molar-refractivity contribution >= 4 is 40.8 Å². The molecular weight excluding hydrogens is 349 g/mol. The summed E-state index contributed by atoms with van der Waals surface area (Å²) < 4.78 is 5.49. The Kier molecular flexibility index (Phi) is 6.93. The molecule has 1 aromatic rings. The number of ether oxygens (including phenoxy) is 1. The first-order valence-electron chi connectivity index (χ1n) is 8.29. The number of carbonyl (C=O) groups excluding carboxylic acids is 2. The number of rotatable bonds is 5. The number of anilines is 1. The number of halogens is 2. The monoisotopic (exact) mass is 371 g/mol. The summed E-state index contributed by atoms with van der Waals surface area (Å²) in [5.41, 5.74) is 0.554. The Bertz CT molecular complexity index is 606. The van der Waals surface area contributed by atoms with Crippen LogP contribution in [-0.2, 0) is 14.3 Å². The Morgan fingerprint density at radius 2 is 1.88 bits per heavy atom. The van der Waals surface area contributed by atoms with Crippen molar-refractivity contribution in [3.63, 3.8) is 0 Å². The zero-order chi connectivity index (χ0) is 17.7. The molecule has 132 valence electrons. The summed E-state index contributed by atoms with van der Waals surface area (Å²) in [6, 6.07) is 4.85. The summed E-state index contributed by atoms with van der Waals surface area (Å²) in [4.78, 5) is 23.8. The maximum absolute atomic E-state index is 11.9. The lowest BCUT2D eigenvalue weighted by molar-refractivity contribution is -0.152. The van der Waals surface area contributed by atoms with Crippen molar-refractivity contribution in [2.75, 3.05) is 5.32 Å². The van der Waals surface area contributed by atoms with Gasteiger partial charge >= 0.3 is 5.97 Å². The smallest absolute Gasteiger partial charge is 0.306 e. The molecule has 4 nitrogen and oxygen atoms in total. The highest BCUT2D eigenvalue weighted by molar-refractivity contribution is 6.42. The lowest BCUT2D eigenvalue weighted by Gasteiger charge is -2.31. The quantitative estimate of drug-likeness (QED) is 0.734. The van der Waals surface area contributed by atoms with E-state index in [1.807, 2.05) is 0 Å². The maximum atomic E-state index is 11.9. The molecule has 0 aromatic heterocycles. The predicted molar refractivity (Wildman–Crippen MR) is 96.4 cm³/mol. The van der Waals surface area contributed by atoms with Gasteiger partial charge in [-0.2, -0.15) is 0 Å². The second-order valence-electron chi connectivity index (χ2n) is 6.56. The van der Waals surface area contributed by atoms with Crippen LogP contribution < -0.4 is 5.32 Å². The lowest BCUT2D eigenvalue weighted by atomic mass is 9.80. The summed E-state index contributed by atoms with van der Waals surface area (Å²) in [6.07, 6.45) is 3.04. The summed E-state index contributed by atoms with van der Waals surface area (Å²) in [7, 11) is 0. The van der Waals surface area contributed by atoms with Crippen molar-refractivity contribution in [3.05, 3.63) is 28.2 Å². The van der Waals surface area contributed by atoms with Gasteiger partial charge < -0.3 is 10.1 Å². The Hall–Kier alpha value is -1.26. The number of amides is 1. The summed E-state index contributed by atoms with van der Waals surface area (Å²) in [5, 5.41) is 3.49. The number of nitrogens with one attached hydrogen (secondary N) is 1. The minimum absolute atomic E-state index is 0.0122. The fourth-order valence-electron chi connectivity index (χ4n) is 2.86. The zero-order valence-corrected chi connectivity index (χ0v) is 15.5. The van der Waals surface area contributed by atoms with Crippen LogP contribution in [0.4, 0.5) is 5.69 Å². The van der Waals surface area contributed by atoms with E-state index in [9.17, 15) is 9.59 Å². The topological polar surface area (TPSA) is 55.4 Å².